The van der Waals surface area contributed by atoms with Crippen LogP contribution < -0.4 is 11.1 Å². The van der Waals surface area contributed by atoms with Crippen LogP contribution in [-0.4, -0.2) is 47.5 Å². The van der Waals surface area contributed by atoms with Gasteiger partial charge >= 0.3 is 12.0 Å². The Kier molecular flexibility index (Phi) is 6.66. The van der Waals surface area contributed by atoms with Gasteiger partial charge in [-0.15, -0.1) is 0 Å². The van der Waals surface area contributed by atoms with Crippen molar-refractivity contribution in [2.24, 2.45) is 5.73 Å². The fourth-order valence-electron chi connectivity index (χ4n) is 1.04. The van der Waals surface area contributed by atoms with E-state index >= 15 is 0 Å². The molecule has 0 heterocycles. The van der Waals surface area contributed by atoms with Crippen molar-refractivity contribution in [3.8, 4) is 0 Å². The highest BCUT2D eigenvalue weighted by molar-refractivity contribution is 5.77. The largest absolute Gasteiger partial charge is 0.481 e. The summed E-state index contributed by atoms with van der Waals surface area (Å²) < 4.78 is 0. The molecule has 3 amide bonds. The fraction of sp³-hybridized carbons (Fsp3) is 0.667. The molecule has 0 radical (unpaired) electrons. The van der Waals surface area contributed by atoms with Crippen molar-refractivity contribution in [3.63, 3.8) is 0 Å². The van der Waals surface area contributed by atoms with E-state index in [0.717, 1.165) is 0 Å². The zero-order chi connectivity index (χ0) is 12.6. The van der Waals surface area contributed by atoms with E-state index in [4.69, 9.17) is 10.8 Å². The molecule has 0 rings (SSSR count). The first-order chi connectivity index (χ1) is 7.47. The van der Waals surface area contributed by atoms with Gasteiger partial charge in [-0.2, -0.15) is 0 Å². The van der Waals surface area contributed by atoms with Crippen LogP contribution in [-0.2, 0) is 9.59 Å². The number of carboxylic acids is 1. The van der Waals surface area contributed by atoms with Crippen LogP contribution >= 0.6 is 0 Å². The molecule has 16 heavy (non-hydrogen) atoms. The van der Waals surface area contributed by atoms with Crippen molar-refractivity contribution in [1.29, 1.82) is 0 Å². The molecule has 92 valence electrons. The standard InChI is InChI=1S/C9H17N3O4/c1-2-12(6-4-8(14)15)9(16)11-5-3-7(10)13/h2-6H2,1H3,(H2,10,13)(H,11,16)(H,14,15). The van der Waals surface area contributed by atoms with Gasteiger partial charge in [0.05, 0.1) is 6.42 Å². The van der Waals surface area contributed by atoms with E-state index in [1.807, 2.05) is 0 Å². The van der Waals surface area contributed by atoms with Gasteiger partial charge in [0.1, 0.15) is 0 Å². The van der Waals surface area contributed by atoms with E-state index in [1.54, 1.807) is 6.92 Å². The maximum atomic E-state index is 11.4. The van der Waals surface area contributed by atoms with Crippen LogP contribution in [0.5, 0.6) is 0 Å². The summed E-state index contributed by atoms with van der Waals surface area (Å²) in [5, 5.41) is 11.0. The predicted octanol–water partition coefficient (Wildman–Crippen LogP) is -0.632. The number of nitrogens with one attached hydrogen (secondary N) is 1. The van der Waals surface area contributed by atoms with E-state index in [9.17, 15) is 14.4 Å². The van der Waals surface area contributed by atoms with Crippen LogP contribution in [0.1, 0.15) is 19.8 Å². The highest BCUT2D eigenvalue weighted by Crippen LogP contribution is 1.92. The van der Waals surface area contributed by atoms with Crippen molar-refractivity contribution < 1.29 is 19.5 Å². The van der Waals surface area contributed by atoms with Gasteiger partial charge in [-0.1, -0.05) is 0 Å². The van der Waals surface area contributed by atoms with Crippen molar-refractivity contribution in [3.05, 3.63) is 0 Å². The van der Waals surface area contributed by atoms with Gasteiger partial charge < -0.3 is 21.1 Å². The quantitative estimate of drug-likeness (QED) is 0.541. The summed E-state index contributed by atoms with van der Waals surface area (Å²) in [5.41, 5.74) is 4.90. The average Bonchev–Trinajstić information content (AvgIpc) is 2.17. The van der Waals surface area contributed by atoms with Gasteiger partial charge in [0, 0.05) is 26.1 Å². The molecular formula is C9H17N3O4. The zero-order valence-corrected chi connectivity index (χ0v) is 9.23. The van der Waals surface area contributed by atoms with Gasteiger partial charge in [0.2, 0.25) is 5.91 Å². The number of aliphatic carboxylic acids is 1. The van der Waals surface area contributed by atoms with Gasteiger partial charge in [0.15, 0.2) is 0 Å². The molecule has 0 bridgehead atoms. The third kappa shape index (κ3) is 6.63. The molecule has 7 nitrogen and oxygen atoms in total. The maximum absolute atomic E-state index is 11.4. The van der Waals surface area contributed by atoms with E-state index in [2.05, 4.69) is 5.32 Å². The number of carboxylic acid groups (broad SMARTS) is 1. The lowest BCUT2D eigenvalue weighted by molar-refractivity contribution is -0.137. The van der Waals surface area contributed by atoms with E-state index in [0.29, 0.717) is 6.54 Å². The van der Waals surface area contributed by atoms with Crippen LogP contribution in [0.25, 0.3) is 0 Å². The number of urea groups is 1. The number of primary amides is 1. The minimum absolute atomic E-state index is 0.0717. The molecule has 0 aromatic heterocycles. The lowest BCUT2D eigenvalue weighted by Gasteiger charge is -2.20. The number of rotatable bonds is 7. The van der Waals surface area contributed by atoms with Gasteiger partial charge in [-0.05, 0) is 6.92 Å². The molecule has 0 atom stereocenters. The van der Waals surface area contributed by atoms with Gasteiger partial charge in [0.25, 0.3) is 0 Å². The molecule has 7 heteroatoms. The highest BCUT2D eigenvalue weighted by atomic mass is 16.4. The lowest BCUT2D eigenvalue weighted by Crippen LogP contribution is -2.41. The molecule has 0 aromatic carbocycles. The topological polar surface area (TPSA) is 113 Å². The number of nitrogens with zero attached hydrogens (tertiary/aromatic N) is 1. The Morgan fingerprint density at radius 1 is 1.31 bits per heavy atom. The molecule has 0 spiro atoms. The Bertz CT molecular complexity index is 267. The van der Waals surface area contributed by atoms with Crippen LogP contribution in [0, 0.1) is 0 Å². The first kappa shape index (κ1) is 14.2. The number of hydrogen-bond donors (Lipinski definition) is 3. The summed E-state index contributed by atoms with van der Waals surface area (Å²) in [6.45, 7) is 2.47. The number of carbonyl (C=O) groups is 3. The van der Waals surface area contributed by atoms with Crippen molar-refractivity contribution in [2.45, 2.75) is 19.8 Å². The normalized spacial score (nSPS) is 9.56. The molecule has 0 aliphatic rings. The van der Waals surface area contributed by atoms with Crippen LogP contribution in [0.3, 0.4) is 0 Å². The van der Waals surface area contributed by atoms with E-state index in [-0.39, 0.29) is 32.0 Å². The molecule has 0 aliphatic heterocycles. The van der Waals surface area contributed by atoms with Crippen molar-refractivity contribution in [2.75, 3.05) is 19.6 Å². The van der Waals surface area contributed by atoms with Crippen molar-refractivity contribution in [1.82, 2.24) is 10.2 Å². The Morgan fingerprint density at radius 2 is 1.94 bits per heavy atom. The molecule has 0 saturated carbocycles. The number of amides is 3. The van der Waals surface area contributed by atoms with E-state index in [1.165, 1.54) is 4.90 Å². The Morgan fingerprint density at radius 3 is 2.38 bits per heavy atom. The van der Waals surface area contributed by atoms with Crippen LogP contribution in [0.2, 0.25) is 0 Å². The molecule has 0 aromatic rings. The lowest BCUT2D eigenvalue weighted by atomic mass is 10.4. The van der Waals surface area contributed by atoms with Gasteiger partial charge in [-0.3, -0.25) is 9.59 Å². The van der Waals surface area contributed by atoms with Crippen molar-refractivity contribution >= 4 is 17.9 Å². The summed E-state index contributed by atoms with van der Waals surface area (Å²) in [6, 6.07) is -0.384. The molecule has 0 unspecified atom stereocenters. The summed E-state index contributed by atoms with van der Waals surface area (Å²) in [5.74, 6) is -1.45. The zero-order valence-electron chi connectivity index (χ0n) is 9.23. The maximum Gasteiger partial charge on any atom is 0.317 e. The smallest absolute Gasteiger partial charge is 0.317 e. The predicted molar refractivity (Wildman–Crippen MR) is 56.7 cm³/mol. The Balaban J connectivity index is 3.91. The summed E-state index contributed by atoms with van der Waals surface area (Å²) >= 11 is 0. The monoisotopic (exact) mass is 231 g/mol. The van der Waals surface area contributed by atoms with Gasteiger partial charge in [-0.25, -0.2) is 4.79 Å². The minimum atomic E-state index is -0.955. The fourth-order valence-corrected chi connectivity index (χ4v) is 1.04. The summed E-state index contributed by atoms with van der Waals surface area (Å²) in [6.07, 6.45) is -0.0285. The summed E-state index contributed by atoms with van der Waals surface area (Å²) in [4.78, 5) is 33.5. The highest BCUT2D eigenvalue weighted by Gasteiger charge is 2.12. The second kappa shape index (κ2) is 7.49. The second-order valence-corrected chi connectivity index (χ2v) is 3.17. The number of hydrogen-bond acceptors (Lipinski definition) is 3. The first-order valence-corrected chi connectivity index (χ1v) is 5.00. The minimum Gasteiger partial charge on any atom is -0.481 e. The number of carbonyl (C=O) groups excluding carboxylic acids is 2. The first-order valence-electron chi connectivity index (χ1n) is 5.00. The third-order valence-electron chi connectivity index (χ3n) is 1.91. The molecule has 4 N–H and O–H groups in total. The Hall–Kier alpha value is -1.79. The van der Waals surface area contributed by atoms with Crippen LogP contribution in [0.15, 0.2) is 0 Å². The second-order valence-electron chi connectivity index (χ2n) is 3.17. The third-order valence-corrected chi connectivity index (χ3v) is 1.91. The summed E-state index contributed by atoms with van der Waals surface area (Å²) in [7, 11) is 0. The van der Waals surface area contributed by atoms with E-state index < -0.39 is 11.9 Å². The average molecular weight is 231 g/mol. The molecule has 0 aliphatic carbocycles. The molecular weight excluding hydrogens is 214 g/mol. The SMILES string of the molecule is CCN(CCC(=O)O)C(=O)NCCC(N)=O. The number of nitrogens with two attached hydrogens (primary N) is 1. The molecule has 0 fully saturated rings. The van der Waals surface area contributed by atoms with Crippen LogP contribution in [0.4, 0.5) is 4.79 Å². The Labute approximate surface area is 93.6 Å². The molecule has 0 saturated heterocycles.